The summed E-state index contributed by atoms with van der Waals surface area (Å²) in [7, 11) is -3.68. The van der Waals surface area contributed by atoms with E-state index in [0.29, 0.717) is 10.7 Å². The average molecular weight is 332 g/mol. The first-order valence-corrected chi connectivity index (χ1v) is 9.04. The summed E-state index contributed by atoms with van der Waals surface area (Å²) in [5.74, 6) is 0. The number of benzene rings is 2. The Hall–Kier alpha value is -2.25. The highest BCUT2D eigenvalue weighted by Gasteiger charge is 2.14. The van der Waals surface area contributed by atoms with Crippen molar-refractivity contribution in [2.45, 2.75) is 0 Å². The molecule has 7 heteroatoms. The topological polar surface area (TPSA) is 68.6 Å². The molecule has 0 atom stereocenters. The van der Waals surface area contributed by atoms with Gasteiger partial charge in [0.05, 0.1) is 16.5 Å². The van der Waals surface area contributed by atoms with Crippen LogP contribution in [0, 0.1) is 0 Å². The van der Waals surface area contributed by atoms with Gasteiger partial charge in [0.2, 0.25) is 0 Å². The van der Waals surface area contributed by atoms with E-state index in [-0.39, 0.29) is 0 Å². The van der Waals surface area contributed by atoms with Gasteiger partial charge in [-0.15, -0.1) is 11.3 Å². The molecule has 0 aliphatic rings. The van der Waals surface area contributed by atoms with E-state index in [1.807, 2.05) is 54.6 Å². The van der Waals surface area contributed by atoms with Crippen molar-refractivity contribution in [2.24, 2.45) is 5.16 Å². The molecule has 22 heavy (non-hydrogen) atoms. The Labute approximate surface area is 132 Å². The van der Waals surface area contributed by atoms with E-state index in [4.69, 9.17) is 0 Å². The molecule has 0 fully saturated rings. The van der Waals surface area contributed by atoms with Gasteiger partial charge in [0.25, 0.3) is 0 Å². The molecule has 3 aromatic rings. The number of hydrogen-bond acceptors (Lipinski definition) is 6. The van der Waals surface area contributed by atoms with Gasteiger partial charge in [0.15, 0.2) is 0 Å². The molecule has 0 saturated heterocycles. The Bertz CT molecular complexity index is 899. The van der Waals surface area contributed by atoms with Crippen molar-refractivity contribution >= 4 is 37.4 Å². The van der Waals surface area contributed by atoms with Gasteiger partial charge in [0, 0.05) is 5.56 Å². The second-order valence-corrected chi connectivity index (χ2v) is 7.16. The fourth-order valence-electron chi connectivity index (χ4n) is 1.89. The highest BCUT2D eigenvalue weighted by atomic mass is 32.2. The van der Waals surface area contributed by atoms with Crippen LogP contribution in [0.1, 0.15) is 10.6 Å². The van der Waals surface area contributed by atoms with E-state index in [0.717, 1.165) is 22.0 Å². The van der Waals surface area contributed by atoms with Gasteiger partial charge in [0.1, 0.15) is 10.7 Å². The average Bonchev–Trinajstić information content (AvgIpc) is 2.91. The molecule has 3 rings (SSSR count). The number of aromatic nitrogens is 1. The van der Waals surface area contributed by atoms with Gasteiger partial charge in [-0.1, -0.05) is 47.6 Å². The molecule has 0 bridgehead atoms. The lowest BCUT2D eigenvalue weighted by Crippen LogP contribution is -2.06. The molecular formula is C15H12N2O3S2. The van der Waals surface area contributed by atoms with Crippen molar-refractivity contribution < 1.29 is 12.7 Å². The summed E-state index contributed by atoms with van der Waals surface area (Å²) in [5, 5.41) is 4.41. The smallest absolute Gasteiger partial charge is 0.268 e. The number of nitrogens with zero attached hydrogens (tertiary/aromatic N) is 2. The third-order valence-electron chi connectivity index (χ3n) is 2.81. The summed E-state index contributed by atoms with van der Waals surface area (Å²) >= 11 is 1.43. The second kappa shape index (κ2) is 5.86. The predicted molar refractivity (Wildman–Crippen MR) is 87.6 cm³/mol. The van der Waals surface area contributed by atoms with Gasteiger partial charge < -0.3 is 0 Å². The van der Waals surface area contributed by atoms with E-state index >= 15 is 0 Å². The Balaban J connectivity index is 2.12. The lowest BCUT2D eigenvalue weighted by atomic mass is 10.1. The molecule has 0 saturated carbocycles. The number of thiazole rings is 1. The van der Waals surface area contributed by atoms with Gasteiger partial charge in [-0.3, -0.25) is 4.28 Å². The largest absolute Gasteiger partial charge is 0.325 e. The third-order valence-corrected chi connectivity index (χ3v) is 4.20. The van der Waals surface area contributed by atoms with Crippen LogP contribution in [0.5, 0.6) is 0 Å². The number of para-hydroxylation sites is 1. The molecule has 0 radical (unpaired) electrons. The summed E-state index contributed by atoms with van der Waals surface area (Å²) in [6.45, 7) is 0. The fraction of sp³-hybridized carbons (Fsp3) is 0.0667. The van der Waals surface area contributed by atoms with Crippen molar-refractivity contribution in [3.05, 3.63) is 65.2 Å². The zero-order valence-corrected chi connectivity index (χ0v) is 13.3. The predicted octanol–water partition coefficient (Wildman–Crippen LogP) is 3.02. The highest BCUT2D eigenvalue weighted by Crippen LogP contribution is 2.24. The number of rotatable bonds is 4. The van der Waals surface area contributed by atoms with Crippen LogP contribution in [-0.4, -0.2) is 25.4 Å². The minimum atomic E-state index is -3.68. The second-order valence-electron chi connectivity index (χ2n) is 4.57. The molecule has 1 aromatic heterocycles. The molecule has 0 N–H and O–H groups in total. The van der Waals surface area contributed by atoms with E-state index in [9.17, 15) is 8.42 Å². The summed E-state index contributed by atoms with van der Waals surface area (Å²) in [5.41, 5.74) is 1.97. The maximum absolute atomic E-state index is 11.2. The summed E-state index contributed by atoms with van der Waals surface area (Å²) < 4.78 is 28.1. The van der Waals surface area contributed by atoms with Crippen LogP contribution in [-0.2, 0) is 14.4 Å². The third kappa shape index (κ3) is 3.32. The Morgan fingerprint density at radius 1 is 1.09 bits per heavy atom. The van der Waals surface area contributed by atoms with E-state index in [2.05, 4.69) is 14.4 Å². The van der Waals surface area contributed by atoms with Crippen LogP contribution in [0.2, 0.25) is 0 Å². The lowest BCUT2D eigenvalue weighted by molar-refractivity contribution is 0.343. The molecule has 0 amide bonds. The summed E-state index contributed by atoms with van der Waals surface area (Å²) in [6.07, 6.45) is 0.956. The molecular weight excluding hydrogens is 320 g/mol. The molecule has 5 nitrogen and oxygen atoms in total. The first kappa shape index (κ1) is 14.7. The SMILES string of the molecule is CS(=O)(=O)O/N=C(\c1ccccc1)c1nc2ccccc2s1. The zero-order chi connectivity index (χ0) is 15.6. The van der Waals surface area contributed by atoms with Crippen LogP contribution in [0.4, 0.5) is 0 Å². The molecule has 112 valence electrons. The lowest BCUT2D eigenvalue weighted by Gasteiger charge is -2.02. The van der Waals surface area contributed by atoms with Gasteiger partial charge in [-0.05, 0) is 12.1 Å². The summed E-state index contributed by atoms with van der Waals surface area (Å²) in [6, 6.07) is 16.9. The maximum Gasteiger partial charge on any atom is 0.325 e. The monoisotopic (exact) mass is 332 g/mol. The highest BCUT2D eigenvalue weighted by molar-refractivity contribution is 7.85. The van der Waals surface area contributed by atoms with Crippen molar-refractivity contribution in [1.29, 1.82) is 0 Å². The number of hydrogen-bond donors (Lipinski definition) is 0. The normalized spacial score (nSPS) is 12.5. The van der Waals surface area contributed by atoms with Crippen LogP contribution in [0.25, 0.3) is 10.2 Å². The van der Waals surface area contributed by atoms with Gasteiger partial charge in [-0.25, -0.2) is 4.98 Å². The molecule has 0 aliphatic heterocycles. The number of oxime groups is 1. The van der Waals surface area contributed by atoms with Crippen molar-refractivity contribution in [1.82, 2.24) is 4.98 Å². The van der Waals surface area contributed by atoms with Crippen LogP contribution >= 0.6 is 11.3 Å². The first-order chi connectivity index (χ1) is 10.5. The standard InChI is InChI=1S/C15H12N2O3S2/c1-22(18,19)20-17-14(11-7-3-2-4-8-11)15-16-12-9-5-6-10-13(12)21-15/h2-10H,1H3/b17-14+. The van der Waals surface area contributed by atoms with Crippen molar-refractivity contribution in [3.8, 4) is 0 Å². The van der Waals surface area contributed by atoms with Crippen molar-refractivity contribution in [3.63, 3.8) is 0 Å². The molecule has 0 aliphatic carbocycles. The van der Waals surface area contributed by atoms with E-state index < -0.39 is 10.1 Å². The number of fused-ring (bicyclic) bond motifs is 1. The molecule has 2 aromatic carbocycles. The van der Waals surface area contributed by atoms with Gasteiger partial charge in [-0.2, -0.15) is 8.42 Å². The Kier molecular flexibility index (Phi) is 3.91. The Morgan fingerprint density at radius 3 is 2.45 bits per heavy atom. The van der Waals surface area contributed by atoms with Crippen LogP contribution in [0.15, 0.2) is 59.8 Å². The zero-order valence-electron chi connectivity index (χ0n) is 11.6. The Morgan fingerprint density at radius 2 is 1.77 bits per heavy atom. The molecule has 0 unspecified atom stereocenters. The minimum Gasteiger partial charge on any atom is -0.268 e. The van der Waals surface area contributed by atoms with Crippen LogP contribution in [0.3, 0.4) is 0 Å². The van der Waals surface area contributed by atoms with Crippen molar-refractivity contribution in [2.75, 3.05) is 6.26 Å². The van der Waals surface area contributed by atoms with E-state index in [1.54, 1.807) is 0 Å². The summed E-state index contributed by atoms with van der Waals surface area (Å²) in [4.78, 5) is 4.50. The minimum absolute atomic E-state index is 0.396. The maximum atomic E-state index is 11.2. The van der Waals surface area contributed by atoms with Gasteiger partial charge >= 0.3 is 10.1 Å². The first-order valence-electron chi connectivity index (χ1n) is 6.41. The quantitative estimate of drug-likeness (QED) is 0.544. The van der Waals surface area contributed by atoms with Crippen LogP contribution < -0.4 is 0 Å². The molecule has 1 heterocycles. The van der Waals surface area contributed by atoms with E-state index in [1.165, 1.54) is 11.3 Å². The fourth-order valence-corrected chi connectivity index (χ4v) is 3.07. The molecule has 0 spiro atoms.